The number of urea groups is 1. The van der Waals surface area contributed by atoms with E-state index in [0.29, 0.717) is 38.0 Å². The SMILES string of the molecule is Cc1cc([C@H]2C[C@@H](C(=O)NCCc3ccccn3)CN(C(=O)NC(C)C)C2)ccc1F. The lowest BCUT2D eigenvalue weighted by Crippen LogP contribution is -2.52. The molecular weight excluding hydrogens is 395 g/mol. The quantitative estimate of drug-likeness (QED) is 0.743. The topological polar surface area (TPSA) is 74.3 Å². The molecule has 0 radical (unpaired) electrons. The van der Waals surface area contributed by atoms with Crippen molar-refractivity contribution >= 4 is 11.9 Å². The van der Waals surface area contributed by atoms with E-state index in [1.165, 1.54) is 6.07 Å². The number of carbonyl (C=O) groups excluding carboxylic acids is 2. The first-order valence-electron chi connectivity index (χ1n) is 10.8. The van der Waals surface area contributed by atoms with Crippen molar-refractivity contribution in [2.45, 2.75) is 45.6 Å². The van der Waals surface area contributed by atoms with Crippen LogP contribution in [0.5, 0.6) is 0 Å². The van der Waals surface area contributed by atoms with Crippen molar-refractivity contribution in [2.75, 3.05) is 19.6 Å². The van der Waals surface area contributed by atoms with E-state index in [-0.39, 0.29) is 35.6 Å². The molecule has 3 rings (SSSR count). The number of carbonyl (C=O) groups is 2. The van der Waals surface area contributed by atoms with E-state index in [1.807, 2.05) is 38.1 Å². The average molecular weight is 427 g/mol. The molecule has 0 bridgehead atoms. The summed E-state index contributed by atoms with van der Waals surface area (Å²) in [6, 6.07) is 10.6. The fourth-order valence-electron chi connectivity index (χ4n) is 3.96. The maximum Gasteiger partial charge on any atom is 0.317 e. The first-order chi connectivity index (χ1) is 14.8. The summed E-state index contributed by atoms with van der Waals surface area (Å²) >= 11 is 0. The largest absolute Gasteiger partial charge is 0.355 e. The highest BCUT2D eigenvalue weighted by Gasteiger charge is 2.34. The number of aromatic nitrogens is 1. The second-order valence-electron chi connectivity index (χ2n) is 8.51. The molecule has 2 heterocycles. The summed E-state index contributed by atoms with van der Waals surface area (Å²) in [5.74, 6) is -0.678. The Hall–Kier alpha value is -2.96. The fraction of sp³-hybridized carbons (Fsp3) is 0.458. The zero-order valence-corrected chi connectivity index (χ0v) is 18.4. The van der Waals surface area contributed by atoms with Gasteiger partial charge in [-0.05, 0) is 56.5 Å². The van der Waals surface area contributed by atoms with E-state index < -0.39 is 0 Å². The average Bonchev–Trinajstić information content (AvgIpc) is 2.75. The molecule has 7 heteroatoms. The molecule has 1 fully saturated rings. The molecule has 0 saturated carbocycles. The Morgan fingerprint density at radius 3 is 2.71 bits per heavy atom. The van der Waals surface area contributed by atoms with Crippen molar-refractivity contribution in [3.05, 3.63) is 65.2 Å². The van der Waals surface area contributed by atoms with Crippen LogP contribution >= 0.6 is 0 Å². The molecule has 1 aromatic carbocycles. The van der Waals surface area contributed by atoms with E-state index in [0.717, 1.165) is 11.3 Å². The number of likely N-dealkylation sites (tertiary alicyclic amines) is 1. The number of hydrogen-bond donors (Lipinski definition) is 2. The minimum Gasteiger partial charge on any atom is -0.355 e. The molecule has 166 valence electrons. The standard InChI is InChI=1S/C24H31FN4O2/c1-16(2)28-24(31)29-14-19(18-7-8-22(25)17(3)12-18)13-20(15-29)23(30)27-11-9-21-6-4-5-10-26-21/h4-8,10,12,16,19-20H,9,11,13-15H2,1-3H3,(H,27,30)(H,28,31)/t19-,20+/m0/s1. The molecule has 2 N–H and O–H groups in total. The van der Waals surface area contributed by atoms with E-state index in [4.69, 9.17) is 0 Å². The van der Waals surface area contributed by atoms with Crippen LogP contribution in [-0.4, -0.2) is 47.5 Å². The van der Waals surface area contributed by atoms with Crippen molar-refractivity contribution in [1.29, 1.82) is 0 Å². The van der Waals surface area contributed by atoms with Gasteiger partial charge >= 0.3 is 6.03 Å². The van der Waals surface area contributed by atoms with Crippen LogP contribution in [0, 0.1) is 18.7 Å². The number of nitrogens with zero attached hydrogens (tertiary/aromatic N) is 2. The lowest BCUT2D eigenvalue weighted by Gasteiger charge is -2.38. The summed E-state index contributed by atoms with van der Waals surface area (Å²) in [5.41, 5.74) is 2.44. The Morgan fingerprint density at radius 2 is 2.03 bits per heavy atom. The lowest BCUT2D eigenvalue weighted by molar-refractivity contribution is -0.126. The Bertz CT molecular complexity index is 904. The molecule has 6 nitrogen and oxygen atoms in total. The maximum atomic E-state index is 13.8. The second-order valence-corrected chi connectivity index (χ2v) is 8.51. The molecule has 1 aliphatic heterocycles. The number of rotatable bonds is 6. The number of hydrogen-bond acceptors (Lipinski definition) is 3. The zero-order chi connectivity index (χ0) is 22.4. The molecule has 3 amide bonds. The van der Waals surface area contributed by atoms with Gasteiger partial charge in [0.1, 0.15) is 5.82 Å². The maximum absolute atomic E-state index is 13.8. The van der Waals surface area contributed by atoms with Crippen LogP contribution in [0.2, 0.25) is 0 Å². The van der Waals surface area contributed by atoms with Gasteiger partial charge in [0.25, 0.3) is 0 Å². The van der Waals surface area contributed by atoms with E-state index >= 15 is 0 Å². The Morgan fingerprint density at radius 1 is 1.23 bits per heavy atom. The normalized spacial score (nSPS) is 18.7. The van der Waals surface area contributed by atoms with Gasteiger partial charge in [-0.15, -0.1) is 0 Å². The third-order valence-corrected chi connectivity index (χ3v) is 5.58. The van der Waals surface area contributed by atoms with Gasteiger partial charge in [0.15, 0.2) is 0 Å². The predicted molar refractivity (Wildman–Crippen MR) is 118 cm³/mol. The summed E-state index contributed by atoms with van der Waals surface area (Å²) in [6.45, 7) is 6.90. The third kappa shape index (κ3) is 6.26. The summed E-state index contributed by atoms with van der Waals surface area (Å²) in [7, 11) is 0. The van der Waals surface area contributed by atoms with Crippen LogP contribution in [0.3, 0.4) is 0 Å². The minimum absolute atomic E-state index is 0.00610. The van der Waals surface area contributed by atoms with E-state index in [2.05, 4.69) is 15.6 Å². The van der Waals surface area contributed by atoms with Crippen LogP contribution in [0.4, 0.5) is 9.18 Å². The number of nitrogens with one attached hydrogen (secondary N) is 2. The van der Waals surface area contributed by atoms with Gasteiger partial charge in [0.2, 0.25) is 5.91 Å². The predicted octanol–water partition coefficient (Wildman–Crippen LogP) is 3.41. The Kier molecular flexibility index (Phi) is 7.60. The fourth-order valence-corrected chi connectivity index (χ4v) is 3.96. The highest BCUT2D eigenvalue weighted by Crippen LogP contribution is 2.31. The summed E-state index contributed by atoms with van der Waals surface area (Å²) < 4.78 is 13.8. The van der Waals surface area contributed by atoms with Crippen LogP contribution in [0.1, 0.15) is 43.0 Å². The summed E-state index contributed by atoms with van der Waals surface area (Å²) in [5, 5.41) is 5.91. The lowest BCUT2D eigenvalue weighted by atomic mass is 9.83. The molecule has 1 aliphatic rings. The van der Waals surface area contributed by atoms with E-state index in [1.54, 1.807) is 24.1 Å². The molecule has 0 spiro atoms. The number of piperidine rings is 1. The monoisotopic (exact) mass is 426 g/mol. The Balaban J connectivity index is 1.70. The molecular formula is C24H31FN4O2. The number of amides is 3. The van der Waals surface area contributed by atoms with Crippen molar-refractivity contribution < 1.29 is 14.0 Å². The molecule has 0 unspecified atom stereocenters. The smallest absolute Gasteiger partial charge is 0.317 e. The van der Waals surface area contributed by atoms with Gasteiger partial charge in [-0.25, -0.2) is 9.18 Å². The summed E-state index contributed by atoms with van der Waals surface area (Å²) in [4.78, 5) is 31.6. The van der Waals surface area contributed by atoms with Crippen molar-refractivity contribution in [2.24, 2.45) is 5.92 Å². The molecule has 1 aromatic heterocycles. The van der Waals surface area contributed by atoms with Crippen LogP contribution in [0.25, 0.3) is 0 Å². The first kappa shape index (κ1) is 22.7. The van der Waals surface area contributed by atoms with Gasteiger partial charge in [-0.3, -0.25) is 9.78 Å². The van der Waals surface area contributed by atoms with Gasteiger partial charge in [-0.1, -0.05) is 18.2 Å². The Labute approximate surface area is 183 Å². The summed E-state index contributed by atoms with van der Waals surface area (Å²) in [6.07, 6.45) is 3.00. The van der Waals surface area contributed by atoms with Gasteiger partial charge in [-0.2, -0.15) is 0 Å². The zero-order valence-electron chi connectivity index (χ0n) is 18.4. The van der Waals surface area contributed by atoms with Gasteiger partial charge in [0.05, 0.1) is 5.92 Å². The number of pyridine rings is 1. The molecule has 1 saturated heterocycles. The highest BCUT2D eigenvalue weighted by molar-refractivity contribution is 5.81. The van der Waals surface area contributed by atoms with E-state index in [9.17, 15) is 14.0 Å². The molecule has 2 atom stereocenters. The minimum atomic E-state index is -0.328. The van der Waals surface area contributed by atoms with Crippen LogP contribution in [0.15, 0.2) is 42.6 Å². The number of halogens is 1. The molecule has 2 aromatic rings. The first-order valence-corrected chi connectivity index (χ1v) is 10.8. The van der Waals surface area contributed by atoms with Crippen LogP contribution in [-0.2, 0) is 11.2 Å². The molecule has 0 aliphatic carbocycles. The number of aryl methyl sites for hydroxylation is 1. The van der Waals surface area contributed by atoms with Gasteiger partial charge < -0.3 is 15.5 Å². The van der Waals surface area contributed by atoms with Crippen molar-refractivity contribution in [3.8, 4) is 0 Å². The van der Waals surface area contributed by atoms with Crippen molar-refractivity contribution in [3.63, 3.8) is 0 Å². The van der Waals surface area contributed by atoms with Gasteiger partial charge in [0, 0.05) is 49.9 Å². The number of benzene rings is 1. The second kappa shape index (κ2) is 10.4. The van der Waals surface area contributed by atoms with Crippen LogP contribution < -0.4 is 10.6 Å². The molecule has 31 heavy (non-hydrogen) atoms. The van der Waals surface area contributed by atoms with Crippen molar-refractivity contribution in [1.82, 2.24) is 20.5 Å². The third-order valence-electron chi connectivity index (χ3n) is 5.58. The highest BCUT2D eigenvalue weighted by atomic mass is 19.1.